The third-order valence-electron chi connectivity index (χ3n) is 6.83. The molecule has 10 nitrogen and oxygen atoms in total. The van der Waals surface area contributed by atoms with Crippen LogP contribution in [-0.4, -0.2) is 59.5 Å². The van der Waals surface area contributed by atoms with Gasteiger partial charge in [-0.3, -0.25) is 19.0 Å². The Morgan fingerprint density at radius 1 is 1.08 bits per heavy atom. The summed E-state index contributed by atoms with van der Waals surface area (Å²) in [6.07, 6.45) is 4.65. The molecule has 3 N–H and O–H groups in total. The van der Waals surface area contributed by atoms with E-state index >= 15 is 0 Å². The fourth-order valence-electron chi connectivity index (χ4n) is 4.73. The number of hydrogen-bond acceptors (Lipinski definition) is 5. The number of aromatic nitrogens is 2. The summed E-state index contributed by atoms with van der Waals surface area (Å²) >= 11 is 6.13. The van der Waals surface area contributed by atoms with Gasteiger partial charge in [0.25, 0.3) is 11.5 Å². The molecule has 1 saturated heterocycles. The highest BCUT2D eigenvalue weighted by molar-refractivity contribution is 7.88. The van der Waals surface area contributed by atoms with Gasteiger partial charge >= 0.3 is 0 Å². The number of rotatable bonds is 6. The number of carbonyl (C=O) groups excluding carboxylic acids is 2. The minimum atomic E-state index is -3.54. The summed E-state index contributed by atoms with van der Waals surface area (Å²) in [7, 11) is -3.54. The van der Waals surface area contributed by atoms with Gasteiger partial charge in [0.05, 0.1) is 17.2 Å². The van der Waals surface area contributed by atoms with Crippen LogP contribution in [0.2, 0.25) is 5.02 Å². The molecule has 1 aliphatic rings. The highest BCUT2D eigenvalue weighted by Gasteiger charge is 2.38. The third-order valence-corrected chi connectivity index (χ3v) is 8.41. The number of nitrogens with zero attached hydrogens (tertiary/aromatic N) is 2. The highest BCUT2D eigenvalue weighted by atomic mass is 35.5. The van der Waals surface area contributed by atoms with Crippen LogP contribution >= 0.6 is 11.6 Å². The lowest BCUT2D eigenvalue weighted by Crippen LogP contribution is -2.55. The Morgan fingerprint density at radius 2 is 1.85 bits per heavy atom. The quantitative estimate of drug-likeness (QED) is 0.329. The van der Waals surface area contributed by atoms with Crippen molar-refractivity contribution in [2.45, 2.75) is 12.5 Å². The van der Waals surface area contributed by atoms with Gasteiger partial charge in [-0.1, -0.05) is 23.7 Å². The number of nitrogens with one attached hydrogen (secondary N) is 3. The van der Waals surface area contributed by atoms with Gasteiger partial charge < -0.3 is 15.6 Å². The number of anilines is 1. The van der Waals surface area contributed by atoms with Crippen LogP contribution in [0.3, 0.4) is 0 Å². The van der Waals surface area contributed by atoms with E-state index in [0.29, 0.717) is 27.5 Å². The Bertz CT molecular complexity index is 1710. The monoisotopic (exact) mass is 567 g/mol. The van der Waals surface area contributed by atoms with E-state index in [0.717, 1.165) is 11.6 Å². The second kappa shape index (κ2) is 10.7. The van der Waals surface area contributed by atoms with E-state index in [1.165, 1.54) is 14.9 Å². The van der Waals surface area contributed by atoms with Gasteiger partial charge in [-0.05, 0) is 48.9 Å². The first-order chi connectivity index (χ1) is 18.6. The summed E-state index contributed by atoms with van der Waals surface area (Å²) in [6.45, 7) is 0.109. The second-order valence-electron chi connectivity index (χ2n) is 9.44. The van der Waals surface area contributed by atoms with Crippen LogP contribution in [0.25, 0.3) is 16.6 Å². The molecule has 2 amide bonds. The van der Waals surface area contributed by atoms with Crippen molar-refractivity contribution in [2.24, 2.45) is 5.92 Å². The number of halogens is 1. The van der Waals surface area contributed by atoms with Crippen molar-refractivity contribution in [1.29, 1.82) is 0 Å². The molecule has 1 fully saturated rings. The SMILES string of the molecule is CS(=O)(=O)N1CC[C@@H](NC(=O)c2ccc3c(Cl)c[nH]c3c2)[C@@H](C(=O)Nc2ccc(-n3ccccc3=O)cc2)C1. The third kappa shape index (κ3) is 5.75. The zero-order chi connectivity index (χ0) is 27.7. The predicted molar refractivity (Wildman–Crippen MR) is 150 cm³/mol. The Kier molecular flexibility index (Phi) is 7.30. The van der Waals surface area contributed by atoms with Gasteiger partial charge in [-0.2, -0.15) is 0 Å². The number of piperidine rings is 1. The Labute approximate surface area is 229 Å². The zero-order valence-corrected chi connectivity index (χ0v) is 22.5. The van der Waals surface area contributed by atoms with E-state index in [9.17, 15) is 22.8 Å². The molecule has 2 aromatic heterocycles. The maximum absolute atomic E-state index is 13.4. The van der Waals surface area contributed by atoms with Gasteiger partial charge in [-0.15, -0.1) is 0 Å². The zero-order valence-electron chi connectivity index (χ0n) is 20.9. The second-order valence-corrected chi connectivity index (χ2v) is 11.8. The van der Waals surface area contributed by atoms with E-state index < -0.39 is 27.9 Å². The number of aromatic amines is 1. The van der Waals surface area contributed by atoms with Crippen molar-refractivity contribution in [3.8, 4) is 5.69 Å². The first-order valence-corrected chi connectivity index (χ1v) is 14.4. The number of amides is 2. The van der Waals surface area contributed by atoms with Crippen LogP contribution in [0.15, 0.2) is 77.9 Å². The molecule has 39 heavy (non-hydrogen) atoms. The molecule has 0 unspecified atom stereocenters. The van der Waals surface area contributed by atoms with E-state index in [4.69, 9.17) is 11.6 Å². The van der Waals surface area contributed by atoms with Crippen molar-refractivity contribution in [3.63, 3.8) is 0 Å². The number of pyridine rings is 1. The number of benzene rings is 2. The fourth-order valence-corrected chi connectivity index (χ4v) is 5.81. The van der Waals surface area contributed by atoms with Crippen molar-refractivity contribution in [1.82, 2.24) is 19.2 Å². The number of H-pyrrole nitrogens is 1. The lowest BCUT2D eigenvalue weighted by Gasteiger charge is -2.36. The molecule has 12 heteroatoms. The normalized spacial score (nSPS) is 18.1. The molecular weight excluding hydrogens is 542 g/mol. The molecule has 202 valence electrons. The Morgan fingerprint density at radius 3 is 2.56 bits per heavy atom. The molecule has 0 saturated carbocycles. The number of sulfonamides is 1. The summed E-state index contributed by atoms with van der Waals surface area (Å²) in [6, 6.07) is 16.0. The molecule has 0 bridgehead atoms. The van der Waals surface area contributed by atoms with Crippen molar-refractivity contribution in [2.75, 3.05) is 24.7 Å². The highest BCUT2D eigenvalue weighted by Crippen LogP contribution is 2.25. The first kappa shape index (κ1) is 26.7. The standard InChI is InChI=1S/C27H26ClN5O5S/c1-39(37,38)32-13-11-23(31-26(35)17-5-10-20-22(28)15-29-24(20)14-17)21(16-32)27(36)30-18-6-8-19(9-7-18)33-12-3-2-4-25(33)34/h2-10,12,14-15,21,23,29H,11,13,16H2,1H3,(H,30,36)(H,31,35)/t21-,23+/m0/s1. The molecule has 5 rings (SSSR count). The molecule has 0 radical (unpaired) electrons. The lowest BCUT2D eigenvalue weighted by atomic mass is 9.92. The number of hydrogen-bond donors (Lipinski definition) is 3. The van der Waals surface area contributed by atoms with Crippen LogP contribution in [-0.2, 0) is 14.8 Å². The average Bonchev–Trinajstić information content (AvgIpc) is 3.29. The molecule has 3 heterocycles. The van der Waals surface area contributed by atoms with E-state index in [1.807, 2.05) is 0 Å². The van der Waals surface area contributed by atoms with Gasteiger partial charge in [0.2, 0.25) is 15.9 Å². The molecule has 4 aromatic rings. The van der Waals surface area contributed by atoms with Gasteiger partial charge in [0.1, 0.15) is 0 Å². The molecule has 2 aromatic carbocycles. The lowest BCUT2D eigenvalue weighted by molar-refractivity contribution is -0.121. The van der Waals surface area contributed by atoms with Crippen LogP contribution < -0.4 is 16.2 Å². The van der Waals surface area contributed by atoms with Gasteiger partial charge in [0.15, 0.2) is 0 Å². The molecule has 2 atom stereocenters. The maximum atomic E-state index is 13.4. The van der Waals surface area contributed by atoms with Crippen LogP contribution in [0.1, 0.15) is 16.8 Å². The largest absolute Gasteiger partial charge is 0.360 e. The van der Waals surface area contributed by atoms with Crippen LogP contribution in [0, 0.1) is 5.92 Å². The molecular formula is C27H26ClN5O5S. The molecule has 0 aliphatic carbocycles. The molecule has 1 aliphatic heterocycles. The summed E-state index contributed by atoms with van der Waals surface area (Å²) < 4.78 is 27.2. The van der Waals surface area contributed by atoms with Crippen molar-refractivity contribution in [3.05, 3.63) is 94.0 Å². The predicted octanol–water partition coefficient (Wildman–Crippen LogP) is 2.99. The summed E-state index contributed by atoms with van der Waals surface area (Å²) in [4.78, 5) is 41.6. The molecule has 0 spiro atoms. The van der Waals surface area contributed by atoms with E-state index in [2.05, 4.69) is 15.6 Å². The van der Waals surface area contributed by atoms with Crippen LogP contribution in [0.4, 0.5) is 5.69 Å². The van der Waals surface area contributed by atoms with E-state index in [-0.39, 0.29) is 31.0 Å². The summed E-state index contributed by atoms with van der Waals surface area (Å²) in [5.41, 5.74) is 2.01. The average molecular weight is 568 g/mol. The van der Waals surface area contributed by atoms with Crippen molar-refractivity contribution >= 4 is 50.0 Å². The fraction of sp³-hybridized carbons (Fsp3) is 0.222. The van der Waals surface area contributed by atoms with Crippen molar-refractivity contribution < 1.29 is 18.0 Å². The summed E-state index contributed by atoms with van der Waals surface area (Å²) in [5, 5.41) is 7.09. The topological polar surface area (TPSA) is 133 Å². The minimum Gasteiger partial charge on any atom is -0.360 e. The Hall–Kier alpha value is -3.93. The summed E-state index contributed by atoms with van der Waals surface area (Å²) in [5.74, 6) is -1.64. The van der Waals surface area contributed by atoms with Gasteiger partial charge in [-0.25, -0.2) is 12.7 Å². The number of carbonyl (C=O) groups is 2. The minimum absolute atomic E-state index is 0.0711. The maximum Gasteiger partial charge on any atom is 0.255 e. The first-order valence-electron chi connectivity index (χ1n) is 12.2. The van der Waals surface area contributed by atoms with Crippen LogP contribution in [0.5, 0.6) is 0 Å². The smallest absolute Gasteiger partial charge is 0.255 e. The number of fused-ring (bicyclic) bond motifs is 1. The van der Waals surface area contributed by atoms with Gasteiger partial charge in [0, 0.05) is 65.4 Å². The Balaban J connectivity index is 1.34. The van der Waals surface area contributed by atoms with E-state index in [1.54, 1.807) is 67.0 Å².